The Kier molecular flexibility index (Phi) is 4.50. The van der Waals surface area contributed by atoms with Crippen LogP contribution in [0.25, 0.3) is 0 Å². The van der Waals surface area contributed by atoms with Crippen LogP contribution in [-0.2, 0) is 11.3 Å². The maximum Gasteiger partial charge on any atom is 0.338 e. The molecule has 0 spiro atoms. The van der Waals surface area contributed by atoms with Crippen molar-refractivity contribution in [3.63, 3.8) is 0 Å². The molecule has 108 valence electrons. The molecule has 6 heteroatoms. The second-order valence-electron chi connectivity index (χ2n) is 4.28. The second-order valence-corrected chi connectivity index (χ2v) is 4.28. The minimum Gasteiger partial charge on any atom is -0.478 e. The van der Waals surface area contributed by atoms with Gasteiger partial charge in [0.1, 0.15) is 5.82 Å². The van der Waals surface area contributed by atoms with Crippen molar-refractivity contribution in [1.82, 2.24) is 4.98 Å². The SMILES string of the molecule is COC(=O)c1ccnc(NCc2cccc(C(=O)O)c2)c1. The molecule has 0 aliphatic carbocycles. The second kappa shape index (κ2) is 6.51. The van der Waals surface area contributed by atoms with Gasteiger partial charge in [-0.2, -0.15) is 0 Å². The van der Waals surface area contributed by atoms with E-state index in [2.05, 4.69) is 15.0 Å². The van der Waals surface area contributed by atoms with E-state index in [9.17, 15) is 9.59 Å². The fourth-order valence-electron chi connectivity index (χ4n) is 1.78. The number of aromatic nitrogens is 1. The molecule has 0 aliphatic rings. The molecule has 1 aromatic carbocycles. The molecule has 1 heterocycles. The number of carboxylic acids is 1. The molecule has 2 N–H and O–H groups in total. The zero-order chi connectivity index (χ0) is 15.2. The maximum atomic E-state index is 11.4. The van der Waals surface area contributed by atoms with Gasteiger partial charge in [0.25, 0.3) is 0 Å². The average Bonchev–Trinajstić information content (AvgIpc) is 2.52. The molecule has 2 aromatic rings. The van der Waals surface area contributed by atoms with Crippen LogP contribution in [0, 0.1) is 0 Å². The maximum absolute atomic E-state index is 11.4. The number of carbonyl (C=O) groups excluding carboxylic acids is 1. The molecule has 0 saturated carbocycles. The summed E-state index contributed by atoms with van der Waals surface area (Å²) in [5.41, 5.74) is 1.43. The van der Waals surface area contributed by atoms with Crippen LogP contribution in [0.2, 0.25) is 0 Å². The van der Waals surface area contributed by atoms with Crippen molar-refractivity contribution in [2.24, 2.45) is 0 Å². The first-order valence-corrected chi connectivity index (χ1v) is 6.20. The summed E-state index contributed by atoms with van der Waals surface area (Å²) in [6.45, 7) is 0.402. The number of nitrogens with one attached hydrogen (secondary N) is 1. The summed E-state index contributed by atoms with van der Waals surface area (Å²) in [4.78, 5) is 26.4. The van der Waals surface area contributed by atoms with Crippen LogP contribution >= 0.6 is 0 Å². The molecule has 0 aliphatic heterocycles. The van der Waals surface area contributed by atoms with E-state index >= 15 is 0 Å². The van der Waals surface area contributed by atoms with Crippen molar-refractivity contribution in [2.75, 3.05) is 12.4 Å². The number of hydrogen-bond donors (Lipinski definition) is 2. The van der Waals surface area contributed by atoms with Crippen LogP contribution in [0.15, 0.2) is 42.6 Å². The lowest BCUT2D eigenvalue weighted by molar-refractivity contribution is 0.0599. The van der Waals surface area contributed by atoms with Crippen LogP contribution in [0.1, 0.15) is 26.3 Å². The van der Waals surface area contributed by atoms with E-state index in [0.717, 1.165) is 5.56 Å². The van der Waals surface area contributed by atoms with Gasteiger partial charge < -0.3 is 15.2 Å². The molecule has 0 atom stereocenters. The third-order valence-electron chi connectivity index (χ3n) is 2.83. The number of carbonyl (C=O) groups is 2. The number of methoxy groups -OCH3 is 1. The summed E-state index contributed by atoms with van der Waals surface area (Å²) in [7, 11) is 1.31. The molecule has 0 bridgehead atoms. The van der Waals surface area contributed by atoms with E-state index in [0.29, 0.717) is 17.9 Å². The van der Waals surface area contributed by atoms with Crippen LogP contribution in [0.4, 0.5) is 5.82 Å². The number of esters is 1. The van der Waals surface area contributed by atoms with Crippen LogP contribution in [0.5, 0.6) is 0 Å². The first kappa shape index (κ1) is 14.5. The highest BCUT2D eigenvalue weighted by molar-refractivity contribution is 5.90. The summed E-state index contributed by atoms with van der Waals surface area (Å²) in [6.07, 6.45) is 1.50. The quantitative estimate of drug-likeness (QED) is 0.819. The van der Waals surface area contributed by atoms with Gasteiger partial charge in [-0.25, -0.2) is 14.6 Å². The fourth-order valence-corrected chi connectivity index (χ4v) is 1.78. The van der Waals surface area contributed by atoms with E-state index in [4.69, 9.17) is 5.11 Å². The number of rotatable bonds is 5. The monoisotopic (exact) mass is 286 g/mol. The van der Waals surface area contributed by atoms with Crippen molar-refractivity contribution in [3.05, 3.63) is 59.3 Å². The number of aromatic carboxylic acids is 1. The van der Waals surface area contributed by atoms with Gasteiger partial charge in [-0.3, -0.25) is 0 Å². The summed E-state index contributed by atoms with van der Waals surface area (Å²) in [5.74, 6) is -0.894. The Bertz CT molecular complexity index is 670. The lowest BCUT2D eigenvalue weighted by Crippen LogP contribution is -2.06. The normalized spacial score (nSPS) is 9.95. The molecule has 0 amide bonds. The van der Waals surface area contributed by atoms with Gasteiger partial charge in [-0.05, 0) is 29.8 Å². The Labute approximate surface area is 121 Å². The zero-order valence-corrected chi connectivity index (χ0v) is 11.4. The first-order valence-electron chi connectivity index (χ1n) is 6.20. The predicted molar refractivity (Wildman–Crippen MR) is 76.3 cm³/mol. The highest BCUT2D eigenvalue weighted by Crippen LogP contribution is 2.11. The van der Waals surface area contributed by atoms with Gasteiger partial charge in [0.2, 0.25) is 0 Å². The minimum atomic E-state index is -0.970. The molecule has 0 saturated heterocycles. The Morgan fingerprint density at radius 2 is 2.05 bits per heavy atom. The third-order valence-corrected chi connectivity index (χ3v) is 2.83. The number of carboxylic acid groups (broad SMARTS) is 1. The van der Waals surface area contributed by atoms with E-state index < -0.39 is 11.9 Å². The van der Waals surface area contributed by atoms with E-state index in [1.165, 1.54) is 19.4 Å². The van der Waals surface area contributed by atoms with Crippen molar-refractivity contribution < 1.29 is 19.4 Å². The van der Waals surface area contributed by atoms with Crippen molar-refractivity contribution in [1.29, 1.82) is 0 Å². The molecule has 2 rings (SSSR count). The summed E-state index contributed by atoms with van der Waals surface area (Å²) in [6, 6.07) is 9.73. The molecule has 1 aromatic heterocycles. The summed E-state index contributed by atoms with van der Waals surface area (Å²) in [5, 5.41) is 12.0. The van der Waals surface area contributed by atoms with Gasteiger partial charge >= 0.3 is 11.9 Å². The lowest BCUT2D eigenvalue weighted by atomic mass is 10.1. The van der Waals surface area contributed by atoms with Crippen molar-refractivity contribution >= 4 is 17.8 Å². The van der Waals surface area contributed by atoms with E-state index in [1.54, 1.807) is 24.3 Å². The first-order chi connectivity index (χ1) is 10.1. The molecular weight excluding hydrogens is 272 g/mol. The molecule has 21 heavy (non-hydrogen) atoms. The average molecular weight is 286 g/mol. The highest BCUT2D eigenvalue weighted by atomic mass is 16.5. The van der Waals surface area contributed by atoms with Crippen molar-refractivity contribution in [3.8, 4) is 0 Å². The fraction of sp³-hybridized carbons (Fsp3) is 0.133. The van der Waals surface area contributed by atoms with Gasteiger partial charge in [0, 0.05) is 12.7 Å². The molecular formula is C15H14N2O4. The number of nitrogens with zero attached hydrogens (tertiary/aromatic N) is 1. The van der Waals surface area contributed by atoms with Gasteiger partial charge in [-0.15, -0.1) is 0 Å². The Balaban J connectivity index is 2.08. The number of hydrogen-bond acceptors (Lipinski definition) is 5. The number of pyridine rings is 1. The molecule has 6 nitrogen and oxygen atoms in total. The van der Waals surface area contributed by atoms with Gasteiger partial charge in [0.05, 0.1) is 18.2 Å². The highest BCUT2D eigenvalue weighted by Gasteiger charge is 2.07. The zero-order valence-electron chi connectivity index (χ0n) is 11.4. The topological polar surface area (TPSA) is 88.5 Å². The Morgan fingerprint density at radius 1 is 1.24 bits per heavy atom. The molecule has 0 fully saturated rings. The standard InChI is InChI=1S/C15H14N2O4/c1-21-15(20)12-5-6-16-13(8-12)17-9-10-3-2-4-11(7-10)14(18)19/h2-8H,9H2,1H3,(H,16,17)(H,18,19). The summed E-state index contributed by atoms with van der Waals surface area (Å²) >= 11 is 0. The Hall–Kier alpha value is -2.89. The van der Waals surface area contributed by atoms with E-state index in [1.807, 2.05) is 6.07 Å². The number of benzene rings is 1. The summed E-state index contributed by atoms with van der Waals surface area (Å²) < 4.78 is 4.64. The smallest absolute Gasteiger partial charge is 0.338 e. The van der Waals surface area contributed by atoms with Gasteiger partial charge in [-0.1, -0.05) is 12.1 Å². The molecule has 0 radical (unpaired) electrons. The van der Waals surface area contributed by atoms with Crippen LogP contribution < -0.4 is 5.32 Å². The van der Waals surface area contributed by atoms with Crippen LogP contribution in [0.3, 0.4) is 0 Å². The number of anilines is 1. The Morgan fingerprint density at radius 3 is 2.76 bits per heavy atom. The largest absolute Gasteiger partial charge is 0.478 e. The van der Waals surface area contributed by atoms with Crippen LogP contribution in [-0.4, -0.2) is 29.1 Å². The molecule has 0 unspecified atom stereocenters. The lowest BCUT2D eigenvalue weighted by Gasteiger charge is -2.07. The third kappa shape index (κ3) is 3.79. The van der Waals surface area contributed by atoms with E-state index in [-0.39, 0.29) is 5.56 Å². The van der Waals surface area contributed by atoms with Crippen molar-refractivity contribution in [2.45, 2.75) is 6.54 Å². The minimum absolute atomic E-state index is 0.227. The predicted octanol–water partition coefficient (Wildman–Crippen LogP) is 2.18. The van der Waals surface area contributed by atoms with Gasteiger partial charge in [0.15, 0.2) is 0 Å². The number of ether oxygens (including phenoxy) is 1.